The summed E-state index contributed by atoms with van der Waals surface area (Å²) in [4.78, 5) is 12.2. The fraction of sp³-hybridized carbons (Fsp3) is 0.190. The number of ether oxygens (including phenoxy) is 2. The Hall–Kier alpha value is -2.53. The van der Waals surface area contributed by atoms with Gasteiger partial charge in [0.2, 0.25) is 0 Å². The van der Waals surface area contributed by atoms with Crippen LogP contribution in [0.15, 0.2) is 65.1 Å². The summed E-state index contributed by atoms with van der Waals surface area (Å²) in [5, 5.41) is 5.11. The highest BCUT2D eigenvalue weighted by Gasteiger charge is 2.12. The van der Waals surface area contributed by atoms with Crippen LogP contribution in [0.25, 0.3) is 10.8 Å². The van der Waals surface area contributed by atoms with E-state index in [1.165, 1.54) is 0 Å². The molecule has 0 spiro atoms. The van der Waals surface area contributed by atoms with Crippen LogP contribution in [-0.2, 0) is 4.79 Å². The molecule has 0 saturated carbocycles. The Kier molecular flexibility index (Phi) is 5.78. The van der Waals surface area contributed by atoms with Gasteiger partial charge in [0.15, 0.2) is 6.61 Å². The topological polar surface area (TPSA) is 47.6 Å². The van der Waals surface area contributed by atoms with Crippen molar-refractivity contribution in [3.05, 3.63) is 70.7 Å². The predicted molar refractivity (Wildman–Crippen MR) is 107 cm³/mol. The molecule has 1 N–H and O–H groups in total. The van der Waals surface area contributed by atoms with Crippen molar-refractivity contribution in [3.8, 4) is 11.5 Å². The monoisotopic (exact) mass is 413 g/mol. The molecular formula is C21H20BrNO3. The molecule has 26 heavy (non-hydrogen) atoms. The van der Waals surface area contributed by atoms with E-state index in [0.29, 0.717) is 5.75 Å². The Labute approximate surface area is 161 Å². The highest BCUT2D eigenvalue weighted by Crippen LogP contribution is 2.33. The van der Waals surface area contributed by atoms with Gasteiger partial charge in [0, 0.05) is 0 Å². The standard InChI is InChI=1S/C21H20BrNO3/c1-14(15-7-10-17(25-2)11-8-15)23-20(24)13-26-19-12-9-16-5-3-4-6-18(16)21(19)22/h3-12,14H,13H2,1-2H3,(H,23,24)/t14-/m0/s1. The van der Waals surface area contributed by atoms with Gasteiger partial charge in [-0.1, -0.05) is 42.5 Å². The van der Waals surface area contributed by atoms with Gasteiger partial charge in [0.25, 0.3) is 5.91 Å². The van der Waals surface area contributed by atoms with Crippen molar-refractivity contribution in [1.82, 2.24) is 5.32 Å². The normalized spacial score (nSPS) is 11.8. The van der Waals surface area contributed by atoms with E-state index in [1.54, 1.807) is 7.11 Å². The van der Waals surface area contributed by atoms with Crippen molar-refractivity contribution in [2.24, 2.45) is 0 Å². The number of rotatable bonds is 6. The molecule has 1 atom stereocenters. The molecule has 1 amide bonds. The lowest BCUT2D eigenvalue weighted by molar-refractivity contribution is -0.123. The molecule has 134 valence electrons. The number of halogens is 1. The summed E-state index contributed by atoms with van der Waals surface area (Å²) in [5.74, 6) is 1.26. The van der Waals surface area contributed by atoms with Gasteiger partial charge in [-0.25, -0.2) is 0 Å². The summed E-state index contributed by atoms with van der Waals surface area (Å²) >= 11 is 3.56. The van der Waals surface area contributed by atoms with E-state index < -0.39 is 0 Å². The SMILES string of the molecule is COc1ccc([C@H](C)NC(=O)COc2ccc3ccccc3c2Br)cc1. The lowest BCUT2D eigenvalue weighted by atomic mass is 10.1. The van der Waals surface area contributed by atoms with Gasteiger partial charge in [0.1, 0.15) is 11.5 Å². The number of hydrogen-bond acceptors (Lipinski definition) is 3. The number of fused-ring (bicyclic) bond motifs is 1. The zero-order valence-corrected chi connectivity index (χ0v) is 16.2. The molecule has 0 saturated heterocycles. The zero-order valence-electron chi connectivity index (χ0n) is 14.7. The molecule has 4 nitrogen and oxygen atoms in total. The van der Waals surface area contributed by atoms with Crippen molar-refractivity contribution < 1.29 is 14.3 Å². The van der Waals surface area contributed by atoms with Gasteiger partial charge in [-0.05, 0) is 57.4 Å². The summed E-state index contributed by atoms with van der Waals surface area (Å²) in [5.41, 5.74) is 1.01. The molecule has 0 fully saturated rings. The van der Waals surface area contributed by atoms with Crippen LogP contribution in [-0.4, -0.2) is 19.6 Å². The van der Waals surface area contributed by atoms with Gasteiger partial charge < -0.3 is 14.8 Å². The first-order chi connectivity index (χ1) is 12.6. The largest absolute Gasteiger partial charge is 0.497 e. The van der Waals surface area contributed by atoms with Gasteiger partial charge in [-0.15, -0.1) is 0 Å². The van der Waals surface area contributed by atoms with E-state index in [0.717, 1.165) is 26.6 Å². The number of nitrogens with one attached hydrogen (secondary N) is 1. The maximum Gasteiger partial charge on any atom is 0.258 e. The molecule has 3 aromatic rings. The van der Waals surface area contributed by atoms with Crippen molar-refractivity contribution >= 4 is 32.6 Å². The van der Waals surface area contributed by atoms with Crippen molar-refractivity contribution in [1.29, 1.82) is 0 Å². The lowest BCUT2D eigenvalue weighted by Gasteiger charge is -2.16. The molecule has 0 aliphatic heterocycles. The highest BCUT2D eigenvalue weighted by atomic mass is 79.9. The van der Waals surface area contributed by atoms with Crippen LogP contribution in [0.1, 0.15) is 18.5 Å². The molecule has 0 unspecified atom stereocenters. The van der Waals surface area contributed by atoms with Crippen molar-refractivity contribution in [2.45, 2.75) is 13.0 Å². The molecule has 0 radical (unpaired) electrons. The lowest BCUT2D eigenvalue weighted by Crippen LogP contribution is -2.31. The number of carbonyl (C=O) groups excluding carboxylic acids is 1. The minimum absolute atomic E-state index is 0.0442. The smallest absolute Gasteiger partial charge is 0.258 e. The van der Waals surface area contributed by atoms with Gasteiger partial charge >= 0.3 is 0 Å². The molecule has 3 aromatic carbocycles. The Morgan fingerprint density at radius 1 is 1.08 bits per heavy atom. The molecule has 3 rings (SSSR count). The molecule has 0 aliphatic rings. The summed E-state index contributed by atoms with van der Waals surface area (Å²) in [6, 6.07) is 19.4. The zero-order chi connectivity index (χ0) is 18.5. The van der Waals surface area contributed by atoms with Gasteiger partial charge in [-0.2, -0.15) is 0 Å². The first kappa shape index (κ1) is 18.3. The van der Waals surface area contributed by atoms with E-state index >= 15 is 0 Å². The van der Waals surface area contributed by atoms with Crippen LogP contribution in [0.2, 0.25) is 0 Å². The van der Waals surface area contributed by atoms with E-state index in [1.807, 2.05) is 67.6 Å². The highest BCUT2D eigenvalue weighted by molar-refractivity contribution is 9.10. The van der Waals surface area contributed by atoms with Crippen LogP contribution in [0, 0.1) is 0 Å². The third-order valence-electron chi connectivity index (χ3n) is 4.18. The van der Waals surface area contributed by atoms with E-state index in [-0.39, 0.29) is 18.6 Å². The second-order valence-electron chi connectivity index (χ2n) is 5.95. The molecule has 5 heteroatoms. The van der Waals surface area contributed by atoms with Crippen molar-refractivity contribution in [3.63, 3.8) is 0 Å². The maximum absolute atomic E-state index is 12.2. The summed E-state index contributed by atoms with van der Waals surface area (Å²) in [6.07, 6.45) is 0. The Balaban J connectivity index is 1.60. The van der Waals surface area contributed by atoms with Crippen LogP contribution >= 0.6 is 15.9 Å². The average molecular weight is 414 g/mol. The number of benzene rings is 3. The third-order valence-corrected chi connectivity index (χ3v) is 5.00. The molecule has 0 bridgehead atoms. The second-order valence-corrected chi connectivity index (χ2v) is 6.74. The Morgan fingerprint density at radius 3 is 2.54 bits per heavy atom. The van der Waals surface area contributed by atoms with Crippen LogP contribution in [0.5, 0.6) is 11.5 Å². The first-order valence-electron chi connectivity index (χ1n) is 8.32. The number of carbonyl (C=O) groups is 1. The molecule has 0 heterocycles. The minimum Gasteiger partial charge on any atom is -0.497 e. The van der Waals surface area contributed by atoms with E-state index in [2.05, 4.69) is 21.2 Å². The maximum atomic E-state index is 12.2. The Bertz CT molecular complexity index is 909. The minimum atomic E-state index is -0.173. The van der Waals surface area contributed by atoms with Crippen LogP contribution < -0.4 is 14.8 Å². The number of amides is 1. The fourth-order valence-corrected chi connectivity index (χ4v) is 3.34. The van der Waals surface area contributed by atoms with Gasteiger partial charge in [0.05, 0.1) is 17.6 Å². The molecule has 0 aliphatic carbocycles. The number of methoxy groups -OCH3 is 1. The van der Waals surface area contributed by atoms with Crippen LogP contribution in [0.3, 0.4) is 0 Å². The quantitative estimate of drug-likeness (QED) is 0.626. The molecule has 0 aromatic heterocycles. The average Bonchev–Trinajstić information content (AvgIpc) is 2.67. The van der Waals surface area contributed by atoms with E-state index in [9.17, 15) is 4.79 Å². The van der Waals surface area contributed by atoms with Crippen LogP contribution in [0.4, 0.5) is 0 Å². The predicted octanol–water partition coefficient (Wildman–Crippen LogP) is 4.87. The van der Waals surface area contributed by atoms with Crippen molar-refractivity contribution in [2.75, 3.05) is 13.7 Å². The Morgan fingerprint density at radius 2 is 1.81 bits per heavy atom. The second kappa shape index (κ2) is 8.23. The summed E-state index contributed by atoms with van der Waals surface area (Å²) in [7, 11) is 1.63. The summed E-state index contributed by atoms with van der Waals surface area (Å²) in [6.45, 7) is 1.89. The third kappa shape index (κ3) is 4.17. The van der Waals surface area contributed by atoms with Gasteiger partial charge in [-0.3, -0.25) is 4.79 Å². The first-order valence-corrected chi connectivity index (χ1v) is 9.11. The van der Waals surface area contributed by atoms with E-state index in [4.69, 9.17) is 9.47 Å². The molecular weight excluding hydrogens is 394 g/mol. The fourth-order valence-electron chi connectivity index (χ4n) is 2.73. The number of hydrogen-bond donors (Lipinski definition) is 1. The summed E-state index contributed by atoms with van der Waals surface area (Å²) < 4.78 is 11.7.